The van der Waals surface area contributed by atoms with E-state index in [1.165, 1.54) is 12.1 Å². The van der Waals surface area contributed by atoms with Gasteiger partial charge in [-0.3, -0.25) is 0 Å². The molecule has 8 aromatic rings. The molecule has 0 atom stereocenters. The summed E-state index contributed by atoms with van der Waals surface area (Å²) in [6, 6.07) is 34.8. The first-order valence-electron chi connectivity index (χ1n) is 25.5. The number of carboxylic acids is 2. The largest absolute Gasteiger partial charge is 1.00 e. The van der Waals surface area contributed by atoms with Crippen LogP contribution in [-0.2, 0) is 25.7 Å². The Bertz CT molecular complexity index is 2940. The number of aromatic hydroxyl groups is 2. The van der Waals surface area contributed by atoms with Crippen molar-refractivity contribution < 1.29 is 96.8 Å². The molecule has 15 heteroatoms. The molecule has 0 aliphatic heterocycles. The van der Waals surface area contributed by atoms with Gasteiger partial charge in [-0.1, -0.05) is 76.9 Å². The first-order chi connectivity index (χ1) is 37.0. The molecule has 396 valence electrons. The van der Waals surface area contributed by atoms with E-state index in [2.05, 4.69) is 13.8 Å². The SMILES string of the molecule is CCCc1c(OCCCOc2cc(O)c(-c3ccoc3)cc2CC)cccc1Oc1ccccc1C(=O)O.CCCc1c(OCCCOc2cc(O)c(-c3ccoc3)cc2CC)cccc1Oc1ccccc1C(=O)[O-].[Na+]. The molecular formula is C62H63NaO14. The minimum Gasteiger partial charge on any atom is -0.545 e. The Labute approximate surface area is 471 Å². The Kier molecular flexibility index (Phi) is 22.4. The van der Waals surface area contributed by atoms with Gasteiger partial charge in [-0.25, -0.2) is 4.79 Å². The number of carboxylic acid groups (broad SMARTS) is 2. The van der Waals surface area contributed by atoms with Gasteiger partial charge < -0.3 is 62.5 Å². The number of aryl methyl sites for hydroxylation is 2. The quantitative estimate of drug-likeness (QED) is 0.0342. The van der Waals surface area contributed by atoms with Crippen molar-refractivity contribution in [3.63, 3.8) is 0 Å². The molecular weight excluding hydrogens is 992 g/mol. The van der Waals surface area contributed by atoms with Crippen LogP contribution in [0.2, 0.25) is 0 Å². The number of benzene rings is 6. The summed E-state index contributed by atoms with van der Waals surface area (Å²) in [6.07, 6.45) is 12.3. The number of ether oxygens (including phenoxy) is 6. The fourth-order valence-electron chi connectivity index (χ4n) is 8.43. The number of rotatable bonds is 26. The van der Waals surface area contributed by atoms with E-state index in [-0.39, 0.29) is 63.7 Å². The third-order valence-corrected chi connectivity index (χ3v) is 12.2. The minimum absolute atomic E-state index is 0. The number of furan rings is 2. The van der Waals surface area contributed by atoms with Crippen LogP contribution in [0.25, 0.3) is 22.3 Å². The van der Waals surface area contributed by atoms with E-state index in [0.29, 0.717) is 91.3 Å². The van der Waals surface area contributed by atoms with Gasteiger partial charge in [-0.05, 0) is 110 Å². The van der Waals surface area contributed by atoms with E-state index in [1.807, 2.05) is 62.4 Å². The molecule has 14 nitrogen and oxygen atoms in total. The van der Waals surface area contributed by atoms with Crippen molar-refractivity contribution in [2.45, 2.75) is 79.1 Å². The third-order valence-electron chi connectivity index (χ3n) is 12.2. The molecule has 77 heavy (non-hydrogen) atoms. The van der Waals surface area contributed by atoms with Gasteiger partial charge in [0.1, 0.15) is 63.1 Å². The molecule has 6 aromatic carbocycles. The van der Waals surface area contributed by atoms with E-state index in [4.69, 9.17) is 37.3 Å². The molecule has 2 aromatic heterocycles. The molecule has 0 aliphatic rings. The van der Waals surface area contributed by atoms with Crippen molar-refractivity contribution in [2.24, 2.45) is 0 Å². The predicted molar refractivity (Wildman–Crippen MR) is 287 cm³/mol. The van der Waals surface area contributed by atoms with Gasteiger partial charge in [0.25, 0.3) is 0 Å². The van der Waals surface area contributed by atoms with Gasteiger partial charge >= 0.3 is 35.5 Å². The van der Waals surface area contributed by atoms with Crippen molar-refractivity contribution in [1.29, 1.82) is 0 Å². The summed E-state index contributed by atoms with van der Waals surface area (Å²) < 4.78 is 46.5. The Morgan fingerprint density at radius 1 is 0.494 bits per heavy atom. The summed E-state index contributed by atoms with van der Waals surface area (Å²) >= 11 is 0. The molecule has 0 amide bonds. The first-order valence-corrected chi connectivity index (χ1v) is 25.5. The predicted octanol–water partition coefficient (Wildman–Crippen LogP) is 10.7. The number of para-hydroxylation sites is 2. The first kappa shape index (κ1) is 58.5. The molecule has 0 unspecified atom stereocenters. The van der Waals surface area contributed by atoms with Crippen molar-refractivity contribution >= 4 is 11.9 Å². The second-order valence-corrected chi connectivity index (χ2v) is 17.5. The average Bonchev–Trinajstić information content (AvgIpc) is 4.18. The Balaban J connectivity index is 0.000000246. The van der Waals surface area contributed by atoms with Gasteiger partial charge in [0, 0.05) is 63.9 Å². The molecule has 0 saturated heterocycles. The molecule has 2 heterocycles. The van der Waals surface area contributed by atoms with Crippen molar-refractivity contribution in [3.05, 3.63) is 180 Å². The van der Waals surface area contributed by atoms with E-state index >= 15 is 0 Å². The second-order valence-electron chi connectivity index (χ2n) is 17.5. The monoisotopic (exact) mass is 1050 g/mol. The molecule has 0 bridgehead atoms. The van der Waals surface area contributed by atoms with Crippen LogP contribution in [0.3, 0.4) is 0 Å². The third kappa shape index (κ3) is 15.7. The summed E-state index contributed by atoms with van der Waals surface area (Å²) in [7, 11) is 0. The Morgan fingerprint density at radius 3 is 1.27 bits per heavy atom. The zero-order valence-electron chi connectivity index (χ0n) is 44.2. The summed E-state index contributed by atoms with van der Waals surface area (Å²) in [5.74, 6) is 2.27. The number of carbonyl (C=O) groups excluding carboxylic acids is 1. The summed E-state index contributed by atoms with van der Waals surface area (Å²) in [6.45, 7) is 9.87. The van der Waals surface area contributed by atoms with Gasteiger partial charge in [0.15, 0.2) is 0 Å². The number of hydrogen-bond donors (Lipinski definition) is 3. The van der Waals surface area contributed by atoms with Crippen LogP contribution in [0.4, 0.5) is 0 Å². The fraction of sp³-hybridized carbons (Fsp3) is 0.258. The summed E-state index contributed by atoms with van der Waals surface area (Å²) in [5, 5.41) is 42.0. The molecule has 0 radical (unpaired) electrons. The second kappa shape index (κ2) is 29.5. The Hall–Kier alpha value is -7.78. The van der Waals surface area contributed by atoms with Gasteiger partial charge in [-0.15, -0.1) is 0 Å². The van der Waals surface area contributed by atoms with Crippen molar-refractivity contribution in [3.8, 4) is 79.7 Å². The topological polar surface area (TPSA) is 200 Å². The molecule has 0 fully saturated rings. The van der Waals surface area contributed by atoms with E-state index in [1.54, 1.807) is 85.7 Å². The number of aromatic carboxylic acids is 2. The average molecular weight is 1060 g/mol. The van der Waals surface area contributed by atoms with Crippen LogP contribution in [0.1, 0.15) is 96.3 Å². The minimum atomic E-state index is -1.29. The maximum atomic E-state index is 11.6. The molecule has 8 rings (SSSR count). The molecule has 0 spiro atoms. The number of hydrogen-bond acceptors (Lipinski definition) is 13. The zero-order valence-corrected chi connectivity index (χ0v) is 46.2. The molecule has 3 N–H and O–H groups in total. The Morgan fingerprint density at radius 2 is 0.883 bits per heavy atom. The van der Waals surface area contributed by atoms with Gasteiger partial charge in [-0.2, -0.15) is 0 Å². The maximum absolute atomic E-state index is 11.6. The van der Waals surface area contributed by atoms with Crippen LogP contribution in [-0.4, -0.2) is 53.7 Å². The number of phenolic OH excluding ortho intramolecular Hbond substituents is 2. The number of carbonyl (C=O) groups is 2. The van der Waals surface area contributed by atoms with Crippen LogP contribution in [0.5, 0.6) is 57.5 Å². The number of phenols is 2. The van der Waals surface area contributed by atoms with E-state index in [9.17, 15) is 30.0 Å². The zero-order chi connectivity index (χ0) is 53.8. The van der Waals surface area contributed by atoms with Crippen LogP contribution in [0, 0.1) is 0 Å². The standard InChI is InChI=1S/2C31H32O7.Na/c2*1-3-9-23-27(12-7-13-28(23)38-29-11-6-5-10-24(29)31(33)34)36-15-8-16-37-30-19-26(32)25(18-21(30)4-2)22-14-17-35-20-22;/h2*5-7,10-14,17-20,32H,3-4,8-9,15-16H2,1-2H3,(H,33,34);/q;;+1/p-1. The molecule has 0 saturated carbocycles. The van der Waals surface area contributed by atoms with Crippen molar-refractivity contribution in [1.82, 2.24) is 0 Å². The fourth-order valence-corrected chi connectivity index (χ4v) is 8.43. The summed E-state index contributed by atoms with van der Waals surface area (Å²) in [4.78, 5) is 23.1. The normalized spacial score (nSPS) is 10.6. The van der Waals surface area contributed by atoms with Gasteiger partial charge in [0.2, 0.25) is 0 Å². The van der Waals surface area contributed by atoms with Crippen LogP contribution in [0.15, 0.2) is 155 Å². The summed E-state index contributed by atoms with van der Waals surface area (Å²) in [5.41, 5.74) is 6.90. The molecule has 0 aliphatic carbocycles. The van der Waals surface area contributed by atoms with Crippen molar-refractivity contribution in [2.75, 3.05) is 26.4 Å². The van der Waals surface area contributed by atoms with Crippen LogP contribution < -0.4 is 63.1 Å². The van der Waals surface area contributed by atoms with E-state index < -0.39 is 11.9 Å². The maximum Gasteiger partial charge on any atom is 1.00 e. The smallest absolute Gasteiger partial charge is 0.545 e. The van der Waals surface area contributed by atoms with Crippen LogP contribution >= 0.6 is 0 Å². The van der Waals surface area contributed by atoms with E-state index in [0.717, 1.165) is 65.5 Å². The van der Waals surface area contributed by atoms with Gasteiger partial charge in [0.05, 0.1) is 57.4 Å².